The van der Waals surface area contributed by atoms with Crippen molar-refractivity contribution in [3.63, 3.8) is 0 Å². The fraction of sp³-hybridized carbons (Fsp3) is 0.429. The maximum Gasteiger partial charge on any atom is 0.335 e. The second-order valence-electron chi connectivity index (χ2n) is 5.25. The van der Waals surface area contributed by atoms with Crippen LogP contribution in [0.15, 0.2) is 24.3 Å². The van der Waals surface area contributed by atoms with Crippen LogP contribution >= 0.6 is 0 Å². The van der Waals surface area contributed by atoms with Crippen LogP contribution in [0.2, 0.25) is 0 Å². The van der Waals surface area contributed by atoms with E-state index in [4.69, 9.17) is 10.8 Å². The Kier molecular flexibility index (Phi) is 3.57. The molecule has 1 aliphatic rings. The first-order valence-electron chi connectivity index (χ1n) is 6.30. The van der Waals surface area contributed by atoms with Crippen molar-refractivity contribution < 1.29 is 14.7 Å². The molecule has 0 spiro atoms. The first kappa shape index (κ1) is 13.5. The number of carbonyl (C=O) groups is 2. The second kappa shape index (κ2) is 5.01. The van der Waals surface area contributed by atoms with Crippen molar-refractivity contribution in [3.05, 3.63) is 35.4 Å². The zero-order valence-electron chi connectivity index (χ0n) is 10.8. The van der Waals surface area contributed by atoms with Crippen LogP contribution in [0.4, 0.5) is 0 Å². The third-order valence-corrected chi connectivity index (χ3v) is 3.54. The summed E-state index contributed by atoms with van der Waals surface area (Å²) in [6.07, 6.45) is 1.99. The van der Waals surface area contributed by atoms with Gasteiger partial charge in [-0.05, 0) is 43.4 Å². The smallest absolute Gasteiger partial charge is 0.335 e. The molecule has 0 aromatic heterocycles. The second-order valence-corrected chi connectivity index (χ2v) is 5.25. The van der Waals surface area contributed by atoms with Gasteiger partial charge >= 0.3 is 5.97 Å². The van der Waals surface area contributed by atoms with Crippen molar-refractivity contribution in [1.29, 1.82) is 0 Å². The van der Waals surface area contributed by atoms with Gasteiger partial charge < -0.3 is 16.2 Å². The highest BCUT2D eigenvalue weighted by Crippen LogP contribution is 2.38. The molecule has 1 aromatic rings. The van der Waals surface area contributed by atoms with Crippen molar-refractivity contribution in [3.8, 4) is 0 Å². The highest BCUT2D eigenvalue weighted by atomic mass is 16.4. The van der Waals surface area contributed by atoms with Crippen LogP contribution in [0.1, 0.15) is 35.7 Å². The molecule has 19 heavy (non-hydrogen) atoms. The van der Waals surface area contributed by atoms with Gasteiger partial charge in [0, 0.05) is 6.54 Å². The van der Waals surface area contributed by atoms with Crippen molar-refractivity contribution in [2.24, 2.45) is 11.7 Å². The SMILES string of the molecule is CC(N)(C(=O)NCc1cccc(C(=O)O)c1)C1CC1. The van der Waals surface area contributed by atoms with Gasteiger partial charge in [0.05, 0.1) is 11.1 Å². The van der Waals surface area contributed by atoms with Gasteiger partial charge in [-0.2, -0.15) is 0 Å². The average Bonchev–Trinajstić information content (AvgIpc) is 3.20. The lowest BCUT2D eigenvalue weighted by Gasteiger charge is -2.23. The lowest BCUT2D eigenvalue weighted by atomic mass is 9.96. The molecule has 5 nitrogen and oxygen atoms in total. The topological polar surface area (TPSA) is 92.4 Å². The highest BCUT2D eigenvalue weighted by molar-refractivity contribution is 5.88. The predicted octanol–water partition coefficient (Wildman–Crippen LogP) is 1.13. The number of rotatable bonds is 5. The van der Waals surface area contributed by atoms with Gasteiger partial charge in [-0.1, -0.05) is 12.1 Å². The Morgan fingerprint density at radius 2 is 2.16 bits per heavy atom. The van der Waals surface area contributed by atoms with E-state index >= 15 is 0 Å². The summed E-state index contributed by atoms with van der Waals surface area (Å²) in [5.41, 5.74) is 6.14. The van der Waals surface area contributed by atoms with Crippen molar-refractivity contribution in [2.45, 2.75) is 31.8 Å². The number of nitrogens with one attached hydrogen (secondary N) is 1. The Hall–Kier alpha value is -1.88. The molecule has 0 aliphatic heterocycles. The Morgan fingerprint density at radius 3 is 2.74 bits per heavy atom. The first-order valence-corrected chi connectivity index (χ1v) is 6.30. The van der Waals surface area contributed by atoms with E-state index < -0.39 is 11.5 Å². The molecule has 1 unspecified atom stereocenters. The number of amides is 1. The number of carbonyl (C=O) groups excluding carboxylic acids is 1. The minimum absolute atomic E-state index is 0.185. The molecule has 1 aliphatic carbocycles. The van der Waals surface area contributed by atoms with Gasteiger partial charge in [-0.3, -0.25) is 4.79 Å². The lowest BCUT2D eigenvalue weighted by Crippen LogP contribution is -2.53. The van der Waals surface area contributed by atoms with Crippen LogP contribution in [-0.2, 0) is 11.3 Å². The number of nitrogens with two attached hydrogens (primary N) is 1. The molecule has 5 heteroatoms. The Labute approximate surface area is 111 Å². The number of hydrogen-bond donors (Lipinski definition) is 3. The molecule has 4 N–H and O–H groups in total. The first-order chi connectivity index (χ1) is 8.91. The van der Waals surface area contributed by atoms with Crippen molar-refractivity contribution in [2.75, 3.05) is 0 Å². The zero-order valence-corrected chi connectivity index (χ0v) is 10.8. The van der Waals surface area contributed by atoms with Gasteiger partial charge in [0.25, 0.3) is 0 Å². The molecule has 102 valence electrons. The Bertz CT molecular complexity index is 507. The minimum atomic E-state index is -0.977. The van der Waals surface area contributed by atoms with Crippen molar-refractivity contribution in [1.82, 2.24) is 5.32 Å². The largest absolute Gasteiger partial charge is 0.478 e. The number of aromatic carboxylic acids is 1. The molecule has 2 rings (SSSR count). The van der Waals surface area contributed by atoms with E-state index in [1.165, 1.54) is 6.07 Å². The molecule has 1 saturated carbocycles. The highest BCUT2D eigenvalue weighted by Gasteiger charge is 2.43. The summed E-state index contributed by atoms with van der Waals surface area (Å²) in [5, 5.41) is 11.7. The van der Waals surface area contributed by atoms with E-state index in [1.807, 2.05) is 0 Å². The van der Waals surface area contributed by atoms with E-state index in [2.05, 4.69) is 5.32 Å². The number of benzene rings is 1. The van der Waals surface area contributed by atoms with Crippen LogP contribution in [-0.4, -0.2) is 22.5 Å². The summed E-state index contributed by atoms with van der Waals surface area (Å²) in [4.78, 5) is 22.8. The van der Waals surface area contributed by atoms with E-state index in [0.29, 0.717) is 6.54 Å². The molecule has 1 amide bonds. The van der Waals surface area contributed by atoms with Crippen LogP contribution in [0.3, 0.4) is 0 Å². The third kappa shape index (κ3) is 3.12. The quantitative estimate of drug-likeness (QED) is 0.741. The number of carboxylic acids is 1. The van der Waals surface area contributed by atoms with E-state index in [0.717, 1.165) is 18.4 Å². The number of hydrogen-bond acceptors (Lipinski definition) is 3. The van der Waals surface area contributed by atoms with Crippen molar-refractivity contribution >= 4 is 11.9 Å². The summed E-state index contributed by atoms with van der Waals surface area (Å²) in [6, 6.07) is 6.50. The number of carboxylic acid groups (broad SMARTS) is 1. The molecular formula is C14H18N2O3. The third-order valence-electron chi connectivity index (χ3n) is 3.54. The predicted molar refractivity (Wildman–Crippen MR) is 70.6 cm³/mol. The van der Waals surface area contributed by atoms with Gasteiger partial charge in [0.15, 0.2) is 0 Å². The van der Waals surface area contributed by atoms with Gasteiger partial charge in [-0.15, -0.1) is 0 Å². The van der Waals surface area contributed by atoms with Crippen LogP contribution < -0.4 is 11.1 Å². The lowest BCUT2D eigenvalue weighted by molar-refractivity contribution is -0.126. The molecule has 1 aromatic carbocycles. The maximum absolute atomic E-state index is 12.0. The monoisotopic (exact) mass is 262 g/mol. The maximum atomic E-state index is 12.0. The fourth-order valence-corrected chi connectivity index (χ4v) is 2.06. The Morgan fingerprint density at radius 1 is 1.47 bits per heavy atom. The van der Waals surface area contributed by atoms with E-state index in [1.54, 1.807) is 25.1 Å². The average molecular weight is 262 g/mol. The zero-order chi connectivity index (χ0) is 14.0. The molecule has 0 bridgehead atoms. The normalized spacial score (nSPS) is 17.6. The summed E-state index contributed by atoms with van der Waals surface area (Å²) in [6.45, 7) is 2.03. The molecule has 1 atom stereocenters. The Balaban J connectivity index is 1.97. The standard InChI is InChI=1S/C14H18N2O3/c1-14(15,11-5-6-11)13(19)16-8-9-3-2-4-10(7-9)12(17)18/h2-4,7,11H,5-6,8,15H2,1H3,(H,16,19)(H,17,18). The van der Waals surface area contributed by atoms with Gasteiger partial charge in [0.1, 0.15) is 0 Å². The summed E-state index contributed by atoms with van der Waals surface area (Å²) in [7, 11) is 0. The molecule has 1 fully saturated rings. The molecule has 0 saturated heterocycles. The van der Waals surface area contributed by atoms with Gasteiger partial charge in [-0.25, -0.2) is 4.79 Å². The van der Waals surface area contributed by atoms with Crippen LogP contribution in [0, 0.1) is 5.92 Å². The summed E-state index contributed by atoms with van der Waals surface area (Å²) in [5.74, 6) is -0.900. The molecular weight excluding hydrogens is 244 g/mol. The minimum Gasteiger partial charge on any atom is -0.478 e. The summed E-state index contributed by atoms with van der Waals surface area (Å²) >= 11 is 0. The van der Waals surface area contributed by atoms with Crippen LogP contribution in [0.25, 0.3) is 0 Å². The fourth-order valence-electron chi connectivity index (χ4n) is 2.06. The van der Waals surface area contributed by atoms with E-state index in [9.17, 15) is 9.59 Å². The van der Waals surface area contributed by atoms with E-state index in [-0.39, 0.29) is 17.4 Å². The van der Waals surface area contributed by atoms with Gasteiger partial charge in [0.2, 0.25) is 5.91 Å². The van der Waals surface area contributed by atoms with Crippen LogP contribution in [0.5, 0.6) is 0 Å². The summed E-state index contributed by atoms with van der Waals surface area (Å²) < 4.78 is 0. The molecule has 0 heterocycles. The molecule has 0 radical (unpaired) electrons.